The fourth-order valence-corrected chi connectivity index (χ4v) is 9.21. The van der Waals surface area contributed by atoms with Crippen molar-refractivity contribution < 1.29 is 18.3 Å². The van der Waals surface area contributed by atoms with Gasteiger partial charge in [-0.3, -0.25) is 4.79 Å². The van der Waals surface area contributed by atoms with E-state index in [1.165, 1.54) is 12.1 Å². The monoisotopic (exact) mass is 689 g/mol. The summed E-state index contributed by atoms with van der Waals surface area (Å²) in [6, 6.07) is 17.5. The van der Waals surface area contributed by atoms with E-state index >= 15 is 4.39 Å². The predicted molar refractivity (Wildman–Crippen MR) is 193 cm³/mol. The van der Waals surface area contributed by atoms with Gasteiger partial charge in [-0.25, -0.2) is 13.8 Å². The maximum Gasteiger partial charge on any atom is 0.248 e. The van der Waals surface area contributed by atoms with E-state index in [2.05, 4.69) is 52.8 Å². The van der Waals surface area contributed by atoms with Gasteiger partial charge >= 0.3 is 0 Å². The zero-order valence-electron chi connectivity index (χ0n) is 29.1. The molecule has 1 amide bonds. The number of nitrogens with one attached hydrogen (secondary N) is 1. The van der Waals surface area contributed by atoms with Crippen LogP contribution < -0.4 is 10.2 Å². The Hall–Kier alpha value is -4.63. The van der Waals surface area contributed by atoms with Gasteiger partial charge in [0.05, 0.1) is 30.8 Å². The van der Waals surface area contributed by atoms with Gasteiger partial charge in [0.25, 0.3) is 0 Å². The van der Waals surface area contributed by atoms with Gasteiger partial charge in [0.2, 0.25) is 5.91 Å². The molecule has 2 unspecified atom stereocenters. The van der Waals surface area contributed by atoms with E-state index in [1.54, 1.807) is 6.07 Å². The van der Waals surface area contributed by atoms with E-state index in [4.69, 9.17) is 9.72 Å². The maximum absolute atomic E-state index is 17.7. The third kappa shape index (κ3) is 5.02. The molecule has 5 aromatic rings. The number of halogens is 2. The van der Waals surface area contributed by atoms with Crippen LogP contribution in [0.1, 0.15) is 37.1 Å². The number of morpholine rings is 1. The number of hydrogen-bond donors (Lipinski definition) is 1. The molecule has 0 spiro atoms. The Morgan fingerprint density at radius 1 is 1.12 bits per heavy atom. The average Bonchev–Trinajstić information content (AvgIpc) is 3.85. The van der Waals surface area contributed by atoms with Gasteiger partial charge in [-0.05, 0) is 85.9 Å². The van der Waals surface area contributed by atoms with E-state index in [0.717, 1.165) is 47.3 Å². The second-order valence-corrected chi connectivity index (χ2v) is 14.9. The highest BCUT2D eigenvalue weighted by Crippen LogP contribution is 2.50. The molecule has 11 heteroatoms. The molecule has 262 valence electrons. The molecule has 5 fully saturated rings. The number of rotatable bonds is 8. The lowest BCUT2D eigenvalue weighted by molar-refractivity contribution is -0.143. The highest BCUT2D eigenvalue weighted by molar-refractivity contribution is 6.12. The van der Waals surface area contributed by atoms with Crippen LogP contribution in [-0.2, 0) is 22.5 Å². The first-order valence-electron chi connectivity index (χ1n) is 18.0. The van der Waals surface area contributed by atoms with Crippen LogP contribution in [0.15, 0.2) is 48.5 Å². The largest absolute Gasteiger partial charge is 0.370 e. The van der Waals surface area contributed by atoms with Crippen molar-refractivity contribution >= 4 is 44.3 Å². The summed E-state index contributed by atoms with van der Waals surface area (Å²) in [6.45, 7) is 5.34. The van der Waals surface area contributed by atoms with Gasteiger partial charge in [0.15, 0.2) is 5.82 Å². The first-order chi connectivity index (χ1) is 24.7. The second-order valence-electron chi connectivity index (χ2n) is 14.9. The summed E-state index contributed by atoms with van der Waals surface area (Å²) in [6.07, 6.45) is 1.60. The summed E-state index contributed by atoms with van der Waals surface area (Å²) in [4.78, 5) is 24.6. The first-order valence-corrected chi connectivity index (χ1v) is 18.0. The molecule has 2 bridgehead atoms. The zero-order valence-corrected chi connectivity index (χ0v) is 29.1. The lowest BCUT2D eigenvalue weighted by Crippen LogP contribution is -2.64. The summed E-state index contributed by atoms with van der Waals surface area (Å²) in [5, 5.41) is 16.4. The zero-order chi connectivity index (χ0) is 35.1. The van der Waals surface area contributed by atoms with Crippen LogP contribution in [0.2, 0.25) is 0 Å². The van der Waals surface area contributed by atoms with Crippen molar-refractivity contribution in [2.75, 3.05) is 51.8 Å². The highest BCUT2D eigenvalue weighted by Gasteiger charge is 2.49. The number of fused-ring (bicyclic) bond motifs is 5. The molecule has 4 aliphatic heterocycles. The van der Waals surface area contributed by atoms with Crippen LogP contribution in [0.3, 0.4) is 0 Å². The summed E-state index contributed by atoms with van der Waals surface area (Å²) in [5.41, 5.74) is 3.81. The quantitative estimate of drug-likeness (QED) is 0.221. The molecule has 0 radical (unpaired) electrons. The molecule has 4 saturated heterocycles. The van der Waals surface area contributed by atoms with E-state index < -0.39 is 11.6 Å². The lowest BCUT2D eigenvalue weighted by atomic mass is 9.79. The minimum Gasteiger partial charge on any atom is -0.370 e. The summed E-state index contributed by atoms with van der Waals surface area (Å²) < 4.78 is 40.3. The second kappa shape index (κ2) is 12.3. The van der Waals surface area contributed by atoms with Crippen LogP contribution in [0, 0.1) is 28.9 Å². The molecule has 10 rings (SSSR count). The van der Waals surface area contributed by atoms with Crippen molar-refractivity contribution in [2.24, 2.45) is 5.92 Å². The van der Waals surface area contributed by atoms with Gasteiger partial charge in [-0.1, -0.05) is 24.3 Å². The van der Waals surface area contributed by atoms with Crippen molar-refractivity contribution in [2.45, 2.75) is 56.9 Å². The SMILES string of the molecule is CC1C(N(C)C)CN1c1nc2c(F)c(-c3cccc4ccc(F)cc34)c(CCC#N)cc2c2c1cc(CN1CCOCC1=O)n2[C@H]1[C@H]2CN[C@@H]1C2. The van der Waals surface area contributed by atoms with Crippen LogP contribution in [0.25, 0.3) is 43.7 Å². The van der Waals surface area contributed by atoms with Crippen LogP contribution in [0.5, 0.6) is 0 Å². The van der Waals surface area contributed by atoms with Crippen LogP contribution in [0.4, 0.5) is 14.6 Å². The fourth-order valence-electron chi connectivity index (χ4n) is 9.21. The highest BCUT2D eigenvalue weighted by atomic mass is 19.1. The number of carbonyl (C=O) groups excluding carboxylic acids is 1. The molecule has 1 aliphatic carbocycles. The van der Waals surface area contributed by atoms with Gasteiger partial charge in [0, 0.05) is 66.2 Å². The number of likely N-dealkylation sites (N-methyl/N-ethyl adjacent to an activating group) is 1. The topological polar surface area (TPSA) is 89.7 Å². The number of ether oxygens (including phenoxy) is 1. The van der Waals surface area contributed by atoms with Crippen molar-refractivity contribution in [3.05, 3.63) is 71.4 Å². The Bertz CT molecular complexity index is 2270. The Morgan fingerprint density at radius 3 is 2.71 bits per heavy atom. The minimum atomic E-state index is -0.468. The third-order valence-corrected chi connectivity index (χ3v) is 12.0. The number of benzene rings is 3. The van der Waals surface area contributed by atoms with E-state index in [-0.39, 0.29) is 42.6 Å². The molecule has 1 N–H and O–H groups in total. The standard InChI is InChI=1S/C40H41F2N7O2/c1-22-33(46(2)3)20-48(22)40-31-17-27(19-47-12-13-51-21-34(47)50)49(38-25-15-32(38)44-18-25)39(31)30-14-24(7-5-11-43)35(36(42)37(30)45-40)28-8-4-6-23-9-10-26(41)16-29(23)28/h4,6,8-10,14,16-17,22,25,32-33,38,44H,5,7,12-13,15,18-21H2,1-3H3/t22?,25-,32-,33?,38+/m1/s1. The summed E-state index contributed by atoms with van der Waals surface area (Å²) in [7, 11) is 4.16. The van der Waals surface area contributed by atoms with Crippen LogP contribution >= 0.6 is 0 Å². The van der Waals surface area contributed by atoms with Gasteiger partial charge < -0.3 is 29.3 Å². The van der Waals surface area contributed by atoms with E-state index in [9.17, 15) is 14.4 Å². The van der Waals surface area contributed by atoms with Gasteiger partial charge in [-0.15, -0.1) is 0 Å². The predicted octanol–water partition coefficient (Wildman–Crippen LogP) is 5.77. The smallest absolute Gasteiger partial charge is 0.248 e. The van der Waals surface area contributed by atoms with E-state index in [0.29, 0.717) is 65.5 Å². The Balaban J connectivity index is 1.35. The van der Waals surface area contributed by atoms with Gasteiger partial charge in [-0.2, -0.15) is 5.26 Å². The lowest BCUT2D eigenvalue weighted by Gasteiger charge is -2.50. The Kier molecular flexibility index (Phi) is 7.76. The molecule has 51 heavy (non-hydrogen) atoms. The third-order valence-electron chi connectivity index (χ3n) is 12.0. The van der Waals surface area contributed by atoms with Crippen molar-refractivity contribution in [1.82, 2.24) is 24.7 Å². The molecular formula is C40H41F2N7O2. The molecule has 9 nitrogen and oxygen atoms in total. The van der Waals surface area contributed by atoms with Crippen molar-refractivity contribution in [1.29, 1.82) is 5.26 Å². The summed E-state index contributed by atoms with van der Waals surface area (Å²) in [5.74, 6) is 0.249. The number of aromatic nitrogens is 2. The number of hydrogen-bond acceptors (Lipinski definition) is 7. The molecular weight excluding hydrogens is 648 g/mol. The normalized spacial score (nSPS) is 24.5. The number of carbonyl (C=O) groups is 1. The molecule has 5 atom stereocenters. The summed E-state index contributed by atoms with van der Waals surface area (Å²) >= 11 is 0. The van der Waals surface area contributed by atoms with Crippen molar-refractivity contribution in [3.8, 4) is 17.2 Å². The number of nitriles is 1. The Morgan fingerprint density at radius 2 is 1.98 bits per heavy atom. The van der Waals surface area contributed by atoms with Crippen LogP contribution in [-0.4, -0.2) is 90.3 Å². The molecule has 5 aliphatic rings. The van der Waals surface area contributed by atoms with E-state index in [1.807, 2.05) is 29.2 Å². The number of amides is 1. The number of anilines is 1. The first kappa shape index (κ1) is 32.3. The number of nitrogens with zero attached hydrogens (tertiary/aromatic N) is 6. The number of aryl methyl sites for hydroxylation is 1. The molecule has 2 aromatic heterocycles. The Labute approximate surface area is 295 Å². The van der Waals surface area contributed by atoms with Crippen molar-refractivity contribution in [3.63, 3.8) is 0 Å². The average molecular weight is 690 g/mol. The molecule has 6 heterocycles. The van der Waals surface area contributed by atoms with Gasteiger partial charge in [0.1, 0.15) is 23.8 Å². The maximum atomic E-state index is 17.7. The molecule has 3 aromatic carbocycles. The minimum absolute atomic E-state index is 0.0397. The fraction of sp³-hybridized carbons (Fsp3) is 0.425. The molecule has 1 saturated carbocycles. The number of pyridine rings is 1.